The Morgan fingerprint density at radius 3 is 2.84 bits per heavy atom. The van der Waals surface area contributed by atoms with Crippen LogP contribution in [0, 0.1) is 17.0 Å². The van der Waals surface area contributed by atoms with Gasteiger partial charge in [-0.05, 0) is 36.8 Å². The minimum atomic E-state index is -0.591. The molecular weight excluding hydrogens is 414 g/mol. The summed E-state index contributed by atoms with van der Waals surface area (Å²) >= 11 is 9.10. The number of amides is 1. The zero-order chi connectivity index (χ0) is 18.4. The first-order valence-corrected chi connectivity index (χ1v) is 8.18. The van der Waals surface area contributed by atoms with Crippen LogP contribution in [0.25, 0.3) is 0 Å². The van der Waals surface area contributed by atoms with Crippen molar-refractivity contribution >= 4 is 45.3 Å². The van der Waals surface area contributed by atoms with E-state index in [2.05, 4.69) is 26.5 Å². The number of nitrogens with zero attached hydrogens (tertiary/aromatic N) is 2. The summed E-state index contributed by atoms with van der Waals surface area (Å²) in [5.41, 5.74) is 3.47. The molecule has 0 aliphatic rings. The molecular formula is C16H13BrClN3O4. The molecule has 130 valence electrons. The number of nitrogens with one attached hydrogen (secondary N) is 1. The molecule has 2 rings (SSSR count). The van der Waals surface area contributed by atoms with Crippen LogP contribution in [0.5, 0.6) is 5.75 Å². The Balaban J connectivity index is 1.89. The van der Waals surface area contributed by atoms with Gasteiger partial charge in [0.15, 0.2) is 6.61 Å². The molecule has 1 amide bonds. The van der Waals surface area contributed by atoms with E-state index in [1.165, 1.54) is 18.3 Å². The van der Waals surface area contributed by atoms with E-state index in [-0.39, 0.29) is 17.3 Å². The fourth-order valence-electron chi connectivity index (χ4n) is 1.82. The highest BCUT2D eigenvalue weighted by Gasteiger charge is 2.11. The van der Waals surface area contributed by atoms with Crippen LogP contribution in [0.2, 0.25) is 5.02 Å². The highest BCUT2D eigenvalue weighted by molar-refractivity contribution is 9.10. The maximum Gasteiger partial charge on any atom is 0.288 e. The average Bonchev–Trinajstić information content (AvgIpc) is 2.57. The van der Waals surface area contributed by atoms with Crippen molar-refractivity contribution in [3.05, 3.63) is 67.1 Å². The molecule has 2 aromatic rings. The van der Waals surface area contributed by atoms with Crippen molar-refractivity contribution in [3.8, 4) is 5.75 Å². The van der Waals surface area contributed by atoms with Gasteiger partial charge in [0.25, 0.3) is 11.6 Å². The molecule has 0 aromatic heterocycles. The number of carbonyl (C=O) groups excluding carboxylic acids is 1. The normalized spacial score (nSPS) is 10.7. The fraction of sp³-hybridized carbons (Fsp3) is 0.125. The van der Waals surface area contributed by atoms with Crippen LogP contribution >= 0.6 is 27.5 Å². The van der Waals surface area contributed by atoms with E-state index >= 15 is 0 Å². The van der Waals surface area contributed by atoms with Gasteiger partial charge >= 0.3 is 0 Å². The number of hydrogen-bond acceptors (Lipinski definition) is 5. The summed E-state index contributed by atoms with van der Waals surface area (Å²) in [7, 11) is 0. The second kappa shape index (κ2) is 8.59. The highest BCUT2D eigenvalue weighted by Crippen LogP contribution is 2.24. The molecule has 7 nitrogen and oxygen atoms in total. The molecule has 0 unspecified atom stereocenters. The maximum atomic E-state index is 11.7. The number of aryl methyl sites for hydroxylation is 1. The van der Waals surface area contributed by atoms with Gasteiger partial charge in [-0.15, -0.1) is 0 Å². The average molecular weight is 427 g/mol. The lowest BCUT2D eigenvalue weighted by molar-refractivity contribution is -0.384. The van der Waals surface area contributed by atoms with E-state index in [1.807, 2.05) is 13.0 Å². The smallest absolute Gasteiger partial charge is 0.288 e. The lowest BCUT2D eigenvalue weighted by Crippen LogP contribution is -2.24. The van der Waals surface area contributed by atoms with E-state index < -0.39 is 10.8 Å². The van der Waals surface area contributed by atoms with Crippen molar-refractivity contribution in [1.82, 2.24) is 5.43 Å². The van der Waals surface area contributed by atoms with Crippen molar-refractivity contribution in [1.29, 1.82) is 0 Å². The van der Waals surface area contributed by atoms with Gasteiger partial charge in [0.2, 0.25) is 0 Å². The highest BCUT2D eigenvalue weighted by atomic mass is 79.9. The number of halogens is 2. The lowest BCUT2D eigenvalue weighted by atomic mass is 10.2. The second-order valence-electron chi connectivity index (χ2n) is 4.96. The van der Waals surface area contributed by atoms with E-state index in [9.17, 15) is 14.9 Å². The van der Waals surface area contributed by atoms with Crippen molar-refractivity contribution < 1.29 is 14.5 Å². The number of nitro groups is 1. The second-order valence-corrected chi connectivity index (χ2v) is 6.22. The van der Waals surface area contributed by atoms with Crippen LogP contribution in [0.3, 0.4) is 0 Å². The Hall–Kier alpha value is -2.45. The van der Waals surface area contributed by atoms with E-state index in [1.54, 1.807) is 18.2 Å². The fourth-order valence-corrected chi connectivity index (χ4v) is 2.25. The standard InChI is InChI=1S/C16H13BrClN3O4/c1-10-6-12(3-4-13(10)17)25-9-16(22)20-19-8-11-2-5-14(18)15(7-11)21(23)24/h2-8H,9H2,1H3,(H,20,22)/b19-8+. The van der Waals surface area contributed by atoms with E-state index in [0.29, 0.717) is 11.3 Å². The van der Waals surface area contributed by atoms with Crippen LogP contribution in [-0.2, 0) is 4.79 Å². The number of rotatable bonds is 6. The minimum Gasteiger partial charge on any atom is -0.484 e. The van der Waals surface area contributed by atoms with Crippen molar-refractivity contribution in [2.75, 3.05) is 6.61 Å². The predicted octanol–water partition coefficient (Wildman–Crippen LogP) is 3.85. The van der Waals surface area contributed by atoms with Crippen LogP contribution in [-0.4, -0.2) is 23.7 Å². The number of hydrazone groups is 1. The molecule has 1 N–H and O–H groups in total. The molecule has 0 bridgehead atoms. The summed E-state index contributed by atoms with van der Waals surface area (Å²) < 4.78 is 6.31. The summed E-state index contributed by atoms with van der Waals surface area (Å²) in [4.78, 5) is 21.9. The third-order valence-corrected chi connectivity index (χ3v) is 4.28. The summed E-state index contributed by atoms with van der Waals surface area (Å²) in [6.45, 7) is 1.70. The van der Waals surface area contributed by atoms with Gasteiger partial charge in [0.1, 0.15) is 10.8 Å². The number of benzene rings is 2. The van der Waals surface area contributed by atoms with E-state index in [0.717, 1.165) is 10.0 Å². The van der Waals surface area contributed by atoms with Gasteiger partial charge in [-0.25, -0.2) is 5.43 Å². The van der Waals surface area contributed by atoms with Crippen molar-refractivity contribution in [2.45, 2.75) is 6.92 Å². The van der Waals surface area contributed by atoms with Gasteiger partial charge in [-0.1, -0.05) is 33.6 Å². The SMILES string of the molecule is Cc1cc(OCC(=O)N/N=C/c2ccc(Cl)c([N+](=O)[O-])c2)ccc1Br. The zero-order valence-corrected chi connectivity index (χ0v) is 15.4. The lowest BCUT2D eigenvalue weighted by Gasteiger charge is -2.06. The van der Waals surface area contributed by atoms with Crippen LogP contribution in [0.1, 0.15) is 11.1 Å². The molecule has 0 aliphatic carbocycles. The summed E-state index contributed by atoms with van der Waals surface area (Å²) in [5.74, 6) is 0.105. The molecule has 2 aromatic carbocycles. The predicted molar refractivity (Wildman–Crippen MR) is 98.2 cm³/mol. The summed E-state index contributed by atoms with van der Waals surface area (Å²) in [6, 6.07) is 9.56. The molecule has 0 aliphatic heterocycles. The van der Waals surface area contributed by atoms with Crippen LogP contribution in [0.4, 0.5) is 5.69 Å². The molecule has 0 saturated heterocycles. The van der Waals surface area contributed by atoms with Crippen LogP contribution in [0.15, 0.2) is 46.0 Å². The maximum absolute atomic E-state index is 11.7. The van der Waals surface area contributed by atoms with Crippen molar-refractivity contribution in [2.24, 2.45) is 5.10 Å². The summed E-state index contributed by atoms with van der Waals surface area (Å²) in [6.07, 6.45) is 1.28. The Kier molecular flexibility index (Phi) is 6.49. The van der Waals surface area contributed by atoms with Crippen LogP contribution < -0.4 is 10.2 Å². The Morgan fingerprint density at radius 2 is 2.16 bits per heavy atom. The van der Waals surface area contributed by atoms with Gasteiger partial charge < -0.3 is 4.74 Å². The van der Waals surface area contributed by atoms with Gasteiger partial charge in [-0.2, -0.15) is 5.10 Å². The molecule has 0 spiro atoms. The molecule has 0 heterocycles. The van der Waals surface area contributed by atoms with Gasteiger partial charge in [0, 0.05) is 16.1 Å². The monoisotopic (exact) mass is 425 g/mol. The number of ether oxygens (including phenoxy) is 1. The van der Waals surface area contributed by atoms with Gasteiger partial charge in [-0.3, -0.25) is 14.9 Å². The molecule has 0 saturated carbocycles. The largest absolute Gasteiger partial charge is 0.484 e. The third-order valence-electron chi connectivity index (χ3n) is 3.07. The molecule has 0 fully saturated rings. The first-order chi connectivity index (χ1) is 11.9. The van der Waals surface area contributed by atoms with Gasteiger partial charge in [0.05, 0.1) is 11.1 Å². The molecule has 0 radical (unpaired) electrons. The number of hydrogen-bond donors (Lipinski definition) is 1. The van der Waals surface area contributed by atoms with E-state index in [4.69, 9.17) is 16.3 Å². The Morgan fingerprint density at radius 1 is 1.40 bits per heavy atom. The Labute approximate surface area is 156 Å². The quantitative estimate of drug-likeness (QED) is 0.431. The minimum absolute atomic E-state index is 0.0318. The molecule has 25 heavy (non-hydrogen) atoms. The summed E-state index contributed by atoms with van der Waals surface area (Å²) in [5, 5.41) is 14.6. The topological polar surface area (TPSA) is 93.8 Å². The first kappa shape index (κ1) is 18.9. The first-order valence-electron chi connectivity index (χ1n) is 7.01. The Bertz CT molecular complexity index is 842. The molecule has 9 heteroatoms. The zero-order valence-electron chi connectivity index (χ0n) is 13.0. The third kappa shape index (κ3) is 5.54. The number of carbonyl (C=O) groups is 1. The van der Waals surface area contributed by atoms with Crippen molar-refractivity contribution in [3.63, 3.8) is 0 Å². The number of nitro benzene ring substituents is 1. The molecule has 0 atom stereocenters.